The van der Waals surface area contributed by atoms with Crippen LogP contribution in [0.3, 0.4) is 0 Å². The Kier molecular flexibility index (Phi) is 5.28. The van der Waals surface area contributed by atoms with Crippen LogP contribution in [0, 0.1) is 0 Å². The van der Waals surface area contributed by atoms with E-state index in [1.807, 2.05) is 42.6 Å². The highest BCUT2D eigenvalue weighted by molar-refractivity contribution is 7.07. The van der Waals surface area contributed by atoms with Crippen LogP contribution in [-0.4, -0.2) is 28.4 Å². The Hall–Kier alpha value is -3.19. The molecule has 2 aromatic carbocycles. The van der Waals surface area contributed by atoms with Crippen molar-refractivity contribution >= 4 is 23.5 Å². The van der Waals surface area contributed by atoms with Crippen LogP contribution in [0.1, 0.15) is 22.8 Å². The van der Waals surface area contributed by atoms with Gasteiger partial charge in [0, 0.05) is 17.5 Å². The molecule has 0 aliphatic carbocycles. The SMILES string of the molecule is CCN=c1scc(-c2ccc(O)c(C(N)=O)c2)n1N=Cc1ccccc1. The zero-order chi connectivity index (χ0) is 18.5. The van der Waals surface area contributed by atoms with Crippen molar-refractivity contribution in [2.24, 2.45) is 15.8 Å². The summed E-state index contributed by atoms with van der Waals surface area (Å²) in [4.78, 5) is 16.7. The number of carbonyl (C=O) groups excluding carboxylic acids is 1. The van der Waals surface area contributed by atoms with Gasteiger partial charge in [-0.1, -0.05) is 30.3 Å². The minimum absolute atomic E-state index is 0.0706. The molecule has 1 amide bonds. The van der Waals surface area contributed by atoms with Gasteiger partial charge in [-0.15, -0.1) is 11.3 Å². The van der Waals surface area contributed by atoms with Crippen molar-refractivity contribution in [2.75, 3.05) is 6.54 Å². The molecule has 0 aliphatic heterocycles. The molecule has 7 heteroatoms. The Labute approximate surface area is 154 Å². The number of hydrogen-bond acceptors (Lipinski definition) is 5. The van der Waals surface area contributed by atoms with Crippen LogP contribution in [0.4, 0.5) is 0 Å². The van der Waals surface area contributed by atoms with Crippen LogP contribution in [0.15, 0.2) is 64.0 Å². The second-order valence-corrected chi connectivity index (χ2v) is 6.28. The Morgan fingerprint density at radius 3 is 2.73 bits per heavy atom. The third-order valence-electron chi connectivity index (χ3n) is 3.66. The first-order valence-corrected chi connectivity index (χ1v) is 8.91. The molecule has 0 aliphatic rings. The zero-order valence-electron chi connectivity index (χ0n) is 14.2. The van der Waals surface area contributed by atoms with E-state index in [1.54, 1.807) is 23.0 Å². The lowest BCUT2D eigenvalue weighted by Crippen LogP contribution is -2.13. The fraction of sp³-hybridized carbons (Fsp3) is 0.105. The number of rotatable bonds is 5. The van der Waals surface area contributed by atoms with E-state index in [1.165, 1.54) is 17.4 Å². The first-order chi connectivity index (χ1) is 12.6. The fourth-order valence-corrected chi connectivity index (χ4v) is 3.31. The predicted molar refractivity (Wildman–Crippen MR) is 103 cm³/mol. The third-order valence-corrected chi connectivity index (χ3v) is 4.51. The Morgan fingerprint density at radius 2 is 2.04 bits per heavy atom. The molecule has 26 heavy (non-hydrogen) atoms. The van der Waals surface area contributed by atoms with Crippen molar-refractivity contribution < 1.29 is 9.90 Å². The average molecular weight is 366 g/mol. The third kappa shape index (κ3) is 3.73. The fourth-order valence-electron chi connectivity index (χ4n) is 2.41. The lowest BCUT2D eigenvalue weighted by atomic mass is 10.1. The van der Waals surface area contributed by atoms with Crippen LogP contribution in [0.2, 0.25) is 0 Å². The molecule has 0 saturated carbocycles. The number of carbonyl (C=O) groups is 1. The normalized spacial score (nSPS) is 12.0. The van der Waals surface area contributed by atoms with E-state index < -0.39 is 5.91 Å². The first-order valence-electron chi connectivity index (χ1n) is 8.03. The number of hydrogen-bond donors (Lipinski definition) is 2. The molecule has 132 valence electrons. The van der Waals surface area contributed by atoms with Gasteiger partial charge in [-0.05, 0) is 30.7 Å². The van der Waals surface area contributed by atoms with Crippen LogP contribution in [0.25, 0.3) is 11.3 Å². The smallest absolute Gasteiger partial charge is 0.252 e. The maximum absolute atomic E-state index is 11.5. The molecule has 1 aromatic heterocycles. The lowest BCUT2D eigenvalue weighted by Gasteiger charge is -2.06. The number of aromatic hydroxyl groups is 1. The van der Waals surface area contributed by atoms with Gasteiger partial charge in [0.05, 0.1) is 17.5 Å². The Morgan fingerprint density at radius 1 is 1.27 bits per heavy atom. The topological polar surface area (TPSA) is 93.0 Å². The minimum atomic E-state index is -0.683. The minimum Gasteiger partial charge on any atom is -0.507 e. The van der Waals surface area contributed by atoms with Gasteiger partial charge < -0.3 is 10.8 Å². The molecule has 0 fully saturated rings. The molecule has 0 spiro atoms. The van der Waals surface area contributed by atoms with Crippen molar-refractivity contribution in [3.8, 4) is 17.0 Å². The molecule has 0 bridgehead atoms. The quantitative estimate of drug-likeness (QED) is 0.680. The van der Waals surface area contributed by atoms with Gasteiger partial charge in [0.1, 0.15) is 5.75 Å². The highest BCUT2D eigenvalue weighted by Crippen LogP contribution is 2.26. The monoisotopic (exact) mass is 366 g/mol. The summed E-state index contributed by atoms with van der Waals surface area (Å²) in [5.74, 6) is -0.827. The highest BCUT2D eigenvalue weighted by atomic mass is 32.1. The summed E-state index contributed by atoms with van der Waals surface area (Å²) >= 11 is 1.45. The second kappa shape index (κ2) is 7.79. The Bertz CT molecular complexity index is 1020. The molecule has 0 saturated heterocycles. The molecule has 3 rings (SSSR count). The van der Waals surface area contributed by atoms with E-state index in [4.69, 9.17) is 5.73 Å². The van der Waals surface area contributed by atoms with Crippen molar-refractivity contribution in [1.82, 2.24) is 4.68 Å². The van der Waals surface area contributed by atoms with Crippen LogP contribution in [0.5, 0.6) is 5.75 Å². The zero-order valence-corrected chi connectivity index (χ0v) is 15.0. The first kappa shape index (κ1) is 17.6. The maximum atomic E-state index is 11.5. The number of benzene rings is 2. The van der Waals surface area contributed by atoms with E-state index in [2.05, 4.69) is 10.1 Å². The number of nitrogens with two attached hydrogens (primary N) is 1. The standard InChI is InChI=1S/C19H18N4O2S/c1-2-21-19-23(22-11-13-6-4-3-5-7-13)16(12-26-19)14-8-9-17(24)15(10-14)18(20)25/h3-12,24H,2H2,1H3,(H2,20,25). The molecular formula is C19H18N4O2S. The van der Waals surface area contributed by atoms with Gasteiger partial charge in [-0.25, -0.2) is 4.68 Å². The lowest BCUT2D eigenvalue weighted by molar-refractivity contribution is 0.0998. The molecule has 0 atom stereocenters. The van der Waals surface area contributed by atoms with Crippen LogP contribution < -0.4 is 10.5 Å². The molecule has 3 N–H and O–H groups in total. The van der Waals surface area contributed by atoms with Gasteiger partial charge in [-0.2, -0.15) is 5.10 Å². The molecule has 1 heterocycles. The molecule has 6 nitrogen and oxygen atoms in total. The van der Waals surface area contributed by atoms with Crippen molar-refractivity contribution in [3.05, 3.63) is 69.8 Å². The van der Waals surface area contributed by atoms with Gasteiger partial charge in [0.2, 0.25) is 4.80 Å². The van der Waals surface area contributed by atoms with Crippen LogP contribution >= 0.6 is 11.3 Å². The number of thiazole rings is 1. The van der Waals surface area contributed by atoms with E-state index in [0.717, 1.165) is 21.6 Å². The summed E-state index contributed by atoms with van der Waals surface area (Å²) in [5, 5.41) is 16.3. The summed E-state index contributed by atoms with van der Waals surface area (Å²) in [5.41, 5.74) is 7.85. The summed E-state index contributed by atoms with van der Waals surface area (Å²) in [6.07, 6.45) is 1.75. The average Bonchev–Trinajstić information content (AvgIpc) is 3.04. The molecule has 0 radical (unpaired) electrons. The van der Waals surface area contributed by atoms with E-state index in [-0.39, 0.29) is 11.3 Å². The number of phenols is 1. The maximum Gasteiger partial charge on any atom is 0.252 e. The largest absolute Gasteiger partial charge is 0.507 e. The van der Waals surface area contributed by atoms with Gasteiger partial charge in [0.15, 0.2) is 0 Å². The number of nitrogens with zero attached hydrogens (tertiary/aromatic N) is 3. The summed E-state index contributed by atoms with van der Waals surface area (Å²) < 4.78 is 1.72. The second-order valence-electron chi connectivity index (χ2n) is 5.44. The van der Waals surface area contributed by atoms with Crippen LogP contribution in [-0.2, 0) is 0 Å². The number of amides is 1. The van der Waals surface area contributed by atoms with E-state index in [0.29, 0.717) is 6.54 Å². The molecule has 3 aromatic rings. The number of primary amides is 1. The van der Waals surface area contributed by atoms with E-state index in [9.17, 15) is 9.90 Å². The molecular weight excluding hydrogens is 348 g/mol. The van der Waals surface area contributed by atoms with Crippen molar-refractivity contribution in [3.63, 3.8) is 0 Å². The van der Waals surface area contributed by atoms with Crippen molar-refractivity contribution in [1.29, 1.82) is 0 Å². The highest BCUT2D eigenvalue weighted by Gasteiger charge is 2.13. The summed E-state index contributed by atoms with van der Waals surface area (Å²) in [6, 6.07) is 14.5. The van der Waals surface area contributed by atoms with Gasteiger partial charge >= 0.3 is 0 Å². The van der Waals surface area contributed by atoms with Gasteiger partial charge in [0.25, 0.3) is 5.91 Å². The summed E-state index contributed by atoms with van der Waals surface area (Å²) in [6.45, 7) is 2.58. The Balaban J connectivity index is 2.12. The summed E-state index contributed by atoms with van der Waals surface area (Å²) in [7, 11) is 0. The van der Waals surface area contributed by atoms with Crippen molar-refractivity contribution in [2.45, 2.75) is 6.92 Å². The number of aromatic nitrogens is 1. The van der Waals surface area contributed by atoms with Gasteiger partial charge in [-0.3, -0.25) is 9.79 Å². The molecule has 0 unspecified atom stereocenters. The predicted octanol–water partition coefficient (Wildman–Crippen LogP) is 2.82. The van der Waals surface area contributed by atoms with E-state index >= 15 is 0 Å².